The number of aliphatic carboxylic acids is 1. The highest BCUT2D eigenvalue weighted by Crippen LogP contribution is 2.13. The molecule has 16 heavy (non-hydrogen) atoms. The van der Waals surface area contributed by atoms with Crippen LogP contribution >= 0.6 is 0 Å². The van der Waals surface area contributed by atoms with Gasteiger partial charge in [-0.25, -0.2) is 4.39 Å². The van der Waals surface area contributed by atoms with Crippen LogP contribution in [-0.2, 0) is 11.3 Å². The topological polar surface area (TPSA) is 40.5 Å². The maximum Gasteiger partial charge on any atom is 0.320 e. The fraction of sp³-hybridized carbons (Fsp3) is 0.417. The van der Waals surface area contributed by atoms with E-state index in [9.17, 15) is 9.18 Å². The third-order valence-corrected chi connectivity index (χ3v) is 2.75. The number of carboxylic acids is 1. The number of likely N-dealkylation sites (N-methyl/N-ethyl adjacent to an activating group) is 1. The molecule has 0 aliphatic carbocycles. The zero-order valence-electron chi connectivity index (χ0n) is 9.70. The Kier molecular flexibility index (Phi) is 4.01. The summed E-state index contributed by atoms with van der Waals surface area (Å²) in [6, 6.07) is 3.96. The molecule has 1 atom stereocenters. The Bertz CT molecular complexity index is 393. The normalized spacial score (nSPS) is 12.8. The maximum absolute atomic E-state index is 13.0. The molecule has 0 fully saturated rings. The number of hydrogen-bond donors (Lipinski definition) is 1. The number of halogens is 1. The Morgan fingerprint density at radius 3 is 2.75 bits per heavy atom. The molecule has 88 valence electrons. The van der Waals surface area contributed by atoms with Gasteiger partial charge in [0.05, 0.1) is 0 Å². The second-order valence-corrected chi connectivity index (χ2v) is 4.00. The first-order valence-corrected chi connectivity index (χ1v) is 5.10. The molecule has 0 spiro atoms. The van der Waals surface area contributed by atoms with Gasteiger partial charge in [-0.1, -0.05) is 6.07 Å². The summed E-state index contributed by atoms with van der Waals surface area (Å²) in [6.45, 7) is 3.92. The van der Waals surface area contributed by atoms with Crippen molar-refractivity contribution < 1.29 is 14.3 Å². The summed E-state index contributed by atoms with van der Waals surface area (Å²) in [7, 11) is 1.71. The summed E-state index contributed by atoms with van der Waals surface area (Å²) >= 11 is 0. The van der Waals surface area contributed by atoms with Crippen LogP contribution in [0.3, 0.4) is 0 Å². The van der Waals surface area contributed by atoms with Crippen LogP contribution in [0.1, 0.15) is 18.1 Å². The Morgan fingerprint density at radius 2 is 2.19 bits per heavy atom. The van der Waals surface area contributed by atoms with Crippen LogP contribution in [0.4, 0.5) is 4.39 Å². The van der Waals surface area contributed by atoms with Gasteiger partial charge in [-0.05, 0) is 44.2 Å². The van der Waals surface area contributed by atoms with Crippen LogP contribution in [0.15, 0.2) is 18.2 Å². The van der Waals surface area contributed by atoms with E-state index in [0.29, 0.717) is 6.54 Å². The molecule has 1 aromatic carbocycles. The Hall–Kier alpha value is -1.42. The Balaban J connectivity index is 2.80. The van der Waals surface area contributed by atoms with Gasteiger partial charge in [0.2, 0.25) is 0 Å². The van der Waals surface area contributed by atoms with Crippen molar-refractivity contribution in [1.82, 2.24) is 4.90 Å². The van der Waals surface area contributed by atoms with E-state index in [2.05, 4.69) is 0 Å². The first-order valence-electron chi connectivity index (χ1n) is 5.10. The van der Waals surface area contributed by atoms with Gasteiger partial charge in [-0.3, -0.25) is 9.69 Å². The summed E-state index contributed by atoms with van der Waals surface area (Å²) in [4.78, 5) is 12.4. The first kappa shape index (κ1) is 12.6. The maximum atomic E-state index is 13.0. The molecule has 0 radical (unpaired) electrons. The molecule has 0 aliphatic heterocycles. The second-order valence-electron chi connectivity index (χ2n) is 4.00. The summed E-state index contributed by atoms with van der Waals surface area (Å²) < 4.78 is 13.0. The lowest BCUT2D eigenvalue weighted by atomic mass is 10.1. The zero-order valence-corrected chi connectivity index (χ0v) is 9.70. The predicted octanol–water partition coefficient (Wildman–Crippen LogP) is 2.04. The molecular weight excluding hydrogens is 209 g/mol. The van der Waals surface area contributed by atoms with Crippen LogP contribution < -0.4 is 0 Å². The number of benzene rings is 1. The summed E-state index contributed by atoms with van der Waals surface area (Å²) in [6.07, 6.45) is 0. The number of nitrogens with zero attached hydrogens (tertiary/aromatic N) is 1. The van der Waals surface area contributed by atoms with Crippen LogP contribution in [-0.4, -0.2) is 29.1 Å². The van der Waals surface area contributed by atoms with E-state index in [4.69, 9.17) is 5.11 Å². The van der Waals surface area contributed by atoms with E-state index in [0.717, 1.165) is 11.1 Å². The highest BCUT2D eigenvalue weighted by atomic mass is 19.1. The highest BCUT2D eigenvalue weighted by molar-refractivity contribution is 5.72. The summed E-state index contributed by atoms with van der Waals surface area (Å²) in [5.74, 6) is -1.17. The molecule has 0 saturated carbocycles. The van der Waals surface area contributed by atoms with E-state index in [-0.39, 0.29) is 5.82 Å². The highest BCUT2D eigenvalue weighted by Gasteiger charge is 2.17. The fourth-order valence-corrected chi connectivity index (χ4v) is 1.40. The van der Waals surface area contributed by atoms with E-state index in [1.807, 2.05) is 6.92 Å². The SMILES string of the molecule is Cc1ccc(F)cc1CN(C)C(C)C(=O)O. The number of hydrogen-bond acceptors (Lipinski definition) is 2. The lowest BCUT2D eigenvalue weighted by molar-refractivity contribution is -0.142. The summed E-state index contributed by atoms with van der Waals surface area (Å²) in [5.41, 5.74) is 1.78. The van der Waals surface area contributed by atoms with Gasteiger partial charge >= 0.3 is 5.97 Å². The molecule has 1 rings (SSSR count). The minimum Gasteiger partial charge on any atom is -0.480 e. The van der Waals surface area contributed by atoms with Crippen LogP contribution in [0.2, 0.25) is 0 Å². The van der Waals surface area contributed by atoms with Crippen molar-refractivity contribution in [1.29, 1.82) is 0 Å². The predicted molar refractivity (Wildman–Crippen MR) is 59.7 cm³/mol. The number of carboxylic acid groups (broad SMARTS) is 1. The zero-order chi connectivity index (χ0) is 12.3. The first-order chi connectivity index (χ1) is 7.41. The molecule has 0 aromatic heterocycles. The Morgan fingerprint density at radius 1 is 1.56 bits per heavy atom. The van der Waals surface area contributed by atoms with E-state index < -0.39 is 12.0 Å². The largest absolute Gasteiger partial charge is 0.480 e. The Labute approximate surface area is 94.5 Å². The quantitative estimate of drug-likeness (QED) is 0.852. The second kappa shape index (κ2) is 5.07. The third kappa shape index (κ3) is 3.03. The van der Waals surface area contributed by atoms with Gasteiger partial charge in [-0.15, -0.1) is 0 Å². The number of carbonyl (C=O) groups is 1. The molecular formula is C12H16FNO2. The van der Waals surface area contributed by atoms with Crippen molar-refractivity contribution in [2.45, 2.75) is 26.4 Å². The average molecular weight is 225 g/mol. The van der Waals surface area contributed by atoms with Gasteiger partial charge in [-0.2, -0.15) is 0 Å². The van der Waals surface area contributed by atoms with Crippen molar-refractivity contribution in [3.05, 3.63) is 35.1 Å². The van der Waals surface area contributed by atoms with Crippen LogP contribution in [0.25, 0.3) is 0 Å². The molecule has 0 aliphatic rings. The fourth-order valence-electron chi connectivity index (χ4n) is 1.40. The van der Waals surface area contributed by atoms with Crippen molar-refractivity contribution in [3.63, 3.8) is 0 Å². The molecule has 4 heteroatoms. The minimum absolute atomic E-state index is 0.294. The van der Waals surface area contributed by atoms with Crippen molar-refractivity contribution in [2.24, 2.45) is 0 Å². The molecule has 3 nitrogen and oxygen atoms in total. The molecule has 0 amide bonds. The molecule has 0 heterocycles. The van der Waals surface area contributed by atoms with Gasteiger partial charge in [0.1, 0.15) is 11.9 Å². The standard InChI is InChI=1S/C12H16FNO2/c1-8-4-5-11(13)6-10(8)7-14(3)9(2)12(15)16/h4-6,9H,7H2,1-3H3,(H,15,16). The molecule has 1 N–H and O–H groups in total. The van der Waals surface area contributed by atoms with Gasteiger partial charge in [0, 0.05) is 6.54 Å². The minimum atomic E-state index is -0.878. The number of rotatable bonds is 4. The molecule has 0 bridgehead atoms. The van der Waals surface area contributed by atoms with Gasteiger partial charge in [0.25, 0.3) is 0 Å². The summed E-state index contributed by atoms with van der Waals surface area (Å²) in [5, 5.41) is 8.84. The smallest absolute Gasteiger partial charge is 0.320 e. The molecule has 1 aromatic rings. The molecule has 1 unspecified atom stereocenters. The van der Waals surface area contributed by atoms with Crippen LogP contribution in [0, 0.1) is 12.7 Å². The third-order valence-electron chi connectivity index (χ3n) is 2.75. The lowest BCUT2D eigenvalue weighted by Crippen LogP contribution is -2.35. The van der Waals surface area contributed by atoms with Crippen molar-refractivity contribution in [2.75, 3.05) is 7.05 Å². The van der Waals surface area contributed by atoms with Gasteiger partial charge < -0.3 is 5.11 Å². The van der Waals surface area contributed by atoms with Crippen LogP contribution in [0.5, 0.6) is 0 Å². The van der Waals surface area contributed by atoms with E-state index in [1.54, 1.807) is 24.9 Å². The van der Waals surface area contributed by atoms with Crippen molar-refractivity contribution in [3.8, 4) is 0 Å². The number of aryl methyl sites for hydroxylation is 1. The molecule has 0 saturated heterocycles. The van der Waals surface area contributed by atoms with E-state index in [1.165, 1.54) is 12.1 Å². The van der Waals surface area contributed by atoms with Gasteiger partial charge in [0.15, 0.2) is 0 Å². The van der Waals surface area contributed by atoms with Crippen molar-refractivity contribution >= 4 is 5.97 Å². The lowest BCUT2D eigenvalue weighted by Gasteiger charge is -2.22. The van der Waals surface area contributed by atoms with E-state index >= 15 is 0 Å². The average Bonchev–Trinajstić information content (AvgIpc) is 2.22. The monoisotopic (exact) mass is 225 g/mol.